The number of hydrogen-bond acceptors (Lipinski definition) is 4. The monoisotopic (exact) mass is 368 g/mol. The summed E-state index contributed by atoms with van der Waals surface area (Å²) in [6, 6.07) is 14.8. The first-order valence-electron chi connectivity index (χ1n) is 8.75. The molecule has 0 aliphatic carbocycles. The first-order chi connectivity index (χ1) is 13.1. The van der Waals surface area contributed by atoms with Gasteiger partial charge >= 0.3 is 0 Å². The van der Waals surface area contributed by atoms with Gasteiger partial charge in [-0.3, -0.25) is 4.79 Å². The molecule has 0 radical (unpaired) electrons. The van der Waals surface area contributed by atoms with Crippen LogP contribution < -0.4 is 4.74 Å². The van der Waals surface area contributed by atoms with Crippen molar-refractivity contribution in [2.24, 2.45) is 0 Å². The molecule has 0 atom stereocenters. The molecule has 0 bridgehead atoms. The molecule has 3 aromatic rings. The van der Waals surface area contributed by atoms with Crippen LogP contribution in [0.5, 0.6) is 5.75 Å². The van der Waals surface area contributed by atoms with Crippen molar-refractivity contribution in [3.8, 4) is 17.1 Å². The molecule has 1 amide bonds. The SMILES string of the molecule is CCCN(Cc1cc(-c2ccc(OC)cc2)on1)C(=O)c1ccc(F)cc1. The Bertz CT molecular complexity index is 889. The average Bonchev–Trinajstić information content (AvgIpc) is 3.16. The molecule has 140 valence electrons. The van der Waals surface area contributed by atoms with Gasteiger partial charge in [0.1, 0.15) is 17.3 Å². The van der Waals surface area contributed by atoms with Gasteiger partial charge in [0.25, 0.3) is 5.91 Å². The molecule has 0 aliphatic heterocycles. The Morgan fingerprint density at radius 2 is 1.85 bits per heavy atom. The molecule has 0 unspecified atom stereocenters. The van der Waals surface area contributed by atoms with E-state index in [9.17, 15) is 9.18 Å². The van der Waals surface area contributed by atoms with E-state index in [2.05, 4.69) is 5.16 Å². The van der Waals surface area contributed by atoms with Gasteiger partial charge in [0, 0.05) is 23.7 Å². The topological polar surface area (TPSA) is 55.6 Å². The number of amides is 1. The van der Waals surface area contributed by atoms with Crippen LogP contribution in [0.2, 0.25) is 0 Å². The van der Waals surface area contributed by atoms with E-state index in [4.69, 9.17) is 9.26 Å². The number of carbonyl (C=O) groups is 1. The molecule has 0 saturated carbocycles. The van der Waals surface area contributed by atoms with Gasteiger partial charge in [-0.1, -0.05) is 12.1 Å². The van der Waals surface area contributed by atoms with Crippen molar-refractivity contribution in [1.82, 2.24) is 10.1 Å². The summed E-state index contributed by atoms with van der Waals surface area (Å²) in [4.78, 5) is 14.4. The van der Waals surface area contributed by atoms with Crippen molar-refractivity contribution in [2.75, 3.05) is 13.7 Å². The van der Waals surface area contributed by atoms with Crippen LogP contribution in [0.15, 0.2) is 59.1 Å². The van der Waals surface area contributed by atoms with E-state index >= 15 is 0 Å². The van der Waals surface area contributed by atoms with Crippen molar-refractivity contribution in [1.29, 1.82) is 0 Å². The zero-order valence-electron chi connectivity index (χ0n) is 15.3. The first kappa shape index (κ1) is 18.6. The summed E-state index contributed by atoms with van der Waals surface area (Å²) < 4.78 is 23.7. The minimum atomic E-state index is -0.366. The summed E-state index contributed by atoms with van der Waals surface area (Å²) in [6.07, 6.45) is 0.802. The largest absolute Gasteiger partial charge is 0.497 e. The highest BCUT2D eigenvalue weighted by Gasteiger charge is 2.18. The lowest BCUT2D eigenvalue weighted by Crippen LogP contribution is -2.31. The summed E-state index contributed by atoms with van der Waals surface area (Å²) in [5.41, 5.74) is 1.98. The molecule has 27 heavy (non-hydrogen) atoms. The minimum absolute atomic E-state index is 0.161. The Morgan fingerprint density at radius 3 is 2.48 bits per heavy atom. The van der Waals surface area contributed by atoms with Gasteiger partial charge in [0.05, 0.1) is 13.7 Å². The highest BCUT2D eigenvalue weighted by atomic mass is 19.1. The van der Waals surface area contributed by atoms with Crippen molar-refractivity contribution in [3.63, 3.8) is 0 Å². The third-order valence-corrected chi connectivity index (χ3v) is 4.16. The Hall–Kier alpha value is -3.15. The molecular weight excluding hydrogens is 347 g/mol. The van der Waals surface area contributed by atoms with Gasteiger partial charge in [0.15, 0.2) is 5.76 Å². The zero-order valence-corrected chi connectivity index (χ0v) is 15.3. The van der Waals surface area contributed by atoms with Crippen LogP contribution in [-0.2, 0) is 6.54 Å². The molecule has 6 heteroatoms. The van der Waals surface area contributed by atoms with Crippen molar-refractivity contribution >= 4 is 5.91 Å². The number of methoxy groups -OCH3 is 1. The van der Waals surface area contributed by atoms with Crippen LogP contribution >= 0.6 is 0 Å². The predicted octanol–water partition coefficient (Wildman–Crippen LogP) is 4.54. The van der Waals surface area contributed by atoms with Crippen LogP contribution in [-0.4, -0.2) is 29.6 Å². The van der Waals surface area contributed by atoms with Crippen LogP contribution in [0.3, 0.4) is 0 Å². The summed E-state index contributed by atoms with van der Waals surface area (Å²) in [7, 11) is 1.61. The van der Waals surface area contributed by atoms with E-state index in [1.165, 1.54) is 24.3 Å². The van der Waals surface area contributed by atoms with Crippen molar-refractivity contribution < 1.29 is 18.4 Å². The van der Waals surface area contributed by atoms with Crippen molar-refractivity contribution in [2.45, 2.75) is 19.9 Å². The standard InChI is InChI=1S/C21H21FN2O3/c1-3-12-24(21(25)16-4-8-17(22)9-5-16)14-18-13-20(27-23-18)15-6-10-19(26-2)11-7-15/h4-11,13H,3,12,14H2,1-2H3. The maximum atomic E-state index is 13.1. The lowest BCUT2D eigenvalue weighted by atomic mass is 10.1. The number of halogens is 1. The normalized spacial score (nSPS) is 10.6. The van der Waals surface area contributed by atoms with Gasteiger partial charge in [-0.15, -0.1) is 0 Å². The third-order valence-electron chi connectivity index (χ3n) is 4.16. The smallest absolute Gasteiger partial charge is 0.254 e. The molecule has 2 aromatic carbocycles. The zero-order chi connectivity index (χ0) is 19.2. The van der Waals surface area contributed by atoms with E-state index in [1.54, 1.807) is 12.0 Å². The molecular formula is C21H21FN2O3. The fourth-order valence-corrected chi connectivity index (χ4v) is 2.77. The van der Waals surface area contributed by atoms with Gasteiger partial charge in [-0.2, -0.15) is 0 Å². The number of hydrogen-bond donors (Lipinski definition) is 0. The van der Waals surface area contributed by atoms with Gasteiger partial charge in [-0.25, -0.2) is 4.39 Å². The van der Waals surface area contributed by atoms with Crippen LogP contribution in [0.4, 0.5) is 4.39 Å². The Labute approximate surface area is 157 Å². The molecule has 1 aromatic heterocycles. The average molecular weight is 368 g/mol. The minimum Gasteiger partial charge on any atom is -0.497 e. The van der Waals surface area contributed by atoms with Crippen LogP contribution in [0, 0.1) is 5.82 Å². The number of rotatable bonds is 7. The maximum Gasteiger partial charge on any atom is 0.254 e. The second-order valence-corrected chi connectivity index (χ2v) is 6.14. The number of nitrogens with zero attached hydrogens (tertiary/aromatic N) is 2. The highest BCUT2D eigenvalue weighted by molar-refractivity contribution is 5.94. The van der Waals surface area contributed by atoms with Crippen molar-refractivity contribution in [3.05, 3.63) is 71.7 Å². The maximum absolute atomic E-state index is 13.1. The van der Waals surface area contributed by atoms with Gasteiger partial charge in [0.2, 0.25) is 0 Å². The lowest BCUT2D eigenvalue weighted by Gasteiger charge is -2.21. The summed E-state index contributed by atoms with van der Waals surface area (Å²) in [6.45, 7) is 2.89. The molecule has 0 spiro atoms. The quantitative estimate of drug-likeness (QED) is 0.614. The highest BCUT2D eigenvalue weighted by Crippen LogP contribution is 2.24. The fraction of sp³-hybridized carbons (Fsp3) is 0.238. The Morgan fingerprint density at radius 1 is 1.15 bits per heavy atom. The number of carbonyl (C=O) groups excluding carboxylic acids is 1. The number of ether oxygens (including phenoxy) is 1. The number of aromatic nitrogens is 1. The third kappa shape index (κ3) is 4.53. The number of benzene rings is 2. The van der Waals surface area contributed by atoms with E-state index < -0.39 is 0 Å². The second kappa shape index (κ2) is 8.49. The van der Waals surface area contributed by atoms with E-state index in [0.717, 1.165) is 17.7 Å². The lowest BCUT2D eigenvalue weighted by molar-refractivity contribution is 0.0739. The summed E-state index contributed by atoms with van der Waals surface area (Å²) in [5, 5.41) is 4.09. The van der Waals surface area contributed by atoms with Gasteiger partial charge < -0.3 is 14.2 Å². The molecule has 0 saturated heterocycles. The molecule has 0 aliphatic rings. The van der Waals surface area contributed by atoms with Crippen LogP contribution in [0.1, 0.15) is 29.4 Å². The van der Waals surface area contributed by atoms with Crippen LogP contribution in [0.25, 0.3) is 11.3 Å². The summed E-state index contributed by atoms with van der Waals surface area (Å²) in [5.74, 6) is 0.857. The first-order valence-corrected chi connectivity index (χ1v) is 8.75. The molecule has 0 fully saturated rings. The van der Waals surface area contributed by atoms with E-state index in [1.807, 2.05) is 37.3 Å². The molecule has 1 heterocycles. The Balaban J connectivity index is 1.75. The molecule has 5 nitrogen and oxygen atoms in total. The molecule has 0 N–H and O–H groups in total. The van der Waals surface area contributed by atoms with E-state index in [0.29, 0.717) is 30.1 Å². The summed E-state index contributed by atoms with van der Waals surface area (Å²) >= 11 is 0. The molecule has 3 rings (SSSR count). The van der Waals surface area contributed by atoms with E-state index in [-0.39, 0.29) is 11.7 Å². The Kier molecular flexibility index (Phi) is 5.86. The second-order valence-electron chi connectivity index (χ2n) is 6.14. The van der Waals surface area contributed by atoms with Gasteiger partial charge in [-0.05, 0) is 55.0 Å². The predicted molar refractivity (Wildman–Crippen MR) is 99.9 cm³/mol. The fourth-order valence-electron chi connectivity index (χ4n) is 2.77.